The van der Waals surface area contributed by atoms with E-state index in [1.54, 1.807) is 25.5 Å². The first-order valence-corrected chi connectivity index (χ1v) is 11.7. The molecule has 0 radical (unpaired) electrons. The van der Waals surface area contributed by atoms with Gasteiger partial charge in [0.1, 0.15) is 0 Å². The molecule has 6 atom stereocenters. The zero-order valence-corrected chi connectivity index (χ0v) is 18.9. The Morgan fingerprint density at radius 3 is 2.70 bits per heavy atom. The van der Waals surface area contributed by atoms with E-state index in [-0.39, 0.29) is 16.9 Å². The number of nitrogens with one attached hydrogen (secondary N) is 2. The molecule has 2 heterocycles. The van der Waals surface area contributed by atoms with Crippen molar-refractivity contribution in [3.8, 4) is 0 Å². The number of Topliss-reactive ketones (excluding diaryl/α,β-unsaturated/α-hetero) is 1. The first-order chi connectivity index (χ1) is 15.7. The number of hydrogen-bond donors (Lipinski definition) is 2. The van der Waals surface area contributed by atoms with Gasteiger partial charge in [-0.1, -0.05) is 0 Å². The first kappa shape index (κ1) is 20.6. The molecular weight excluding hydrogens is 423 g/mol. The van der Waals surface area contributed by atoms with Gasteiger partial charge in [0.15, 0.2) is 0 Å². The summed E-state index contributed by atoms with van der Waals surface area (Å²) < 4.78 is 15.0. The van der Waals surface area contributed by atoms with E-state index in [2.05, 4.69) is 15.6 Å². The fourth-order valence-electron chi connectivity index (χ4n) is 8.11. The van der Waals surface area contributed by atoms with Gasteiger partial charge in [-0.3, -0.25) is 14.4 Å². The molecule has 2 aromatic rings. The topological polar surface area (TPSA) is 93.1 Å². The predicted octanol–water partition coefficient (Wildman–Crippen LogP) is 3.16. The van der Waals surface area contributed by atoms with Gasteiger partial charge in [0.25, 0.3) is 17.6 Å². The number of rotatable bonds is 5. The number of amides is 2. The minimum atomic E-state index is -0.700. The van der Waals surface area contributed by atoms with Crippen molar-refractivity contribution in [3.63, 3.8) is 0 Å². The number of halogens is 1. The molecule has 7 nitrogen and oxygen atoms in total. The molecule has 8 heteroatoms. The fourth-order valence-corrected chi connectivity index (χ4v) is 8.11. The highest BCUT2D eigenvalue weighted by molar-refractivity contribution is 6.43. The Labute approximate surface area is 191 Å². The lowest BCUT2D eigenvalue weighted by molar-refractivity contribution is -0.119. The Morgan fingerprint density at radius 1 is 1.18 bits per heavy atom. The van der Waals surface area contributed by atoms with Crippen LogP contribution in [0.3, 0.4) is 0 Å². The van der Waals surface area contributed by atoms with Crippen LogP contribution in [0.15, 0.2) is 18.3 Å². The molecule has 0 aromatic carbocycles. The van der Waals surface area contributed by atoms with Crippen molar-refractivity contribution in [3.05, 3.63) is 46.8 Å². The Bertz CT molecular complexity index is 1230. The van der Waals surface area contributed by atoms with Crippen molar-refractivity contribution in [2.24, 2.45) is 36.6 Å². The van der Waals surface area contributed by atoms with Crippen molar-refractivity contribution in [2.75, 3.05) is 5.32 Å². The summed E-state index contributed by atoms with van der Waals surface area (Å²) in [5.41, 5.74) is 1.61. The summed E-state index contributed by atoms with van der Waals surface area (Å²) in [6.07, 6.45) is 5.91. The average molecular weight is 451 g/mol. The lowest BCUT2D eigenvalue weighted by Gasteiger charge is -2.37. The van der Waals surface area contributed by atoms with Crippen molar-refractivity contribution in [2.45, 2.75) is 45.1 Å². The highest BCUT2D eigenvalue weighted by Gasteiger charge is 2.73. The number of carbonyl (C=O) groups excluding carboxylic acids is 3. The van der Waals surface area contributed by atoms with Crippen LogP contribution in [0.2, 0.25) is 0 Å². The fraction of sp³-hybridized carbons (Fsp3) is 0.520. The van der Waals surface area contributed by atoms with E-state index >= 15 is 0 Å². The van der Waals surface area contributed by atoms with Crippen molar-refractivity contribution < 1.29 is 18.8 Å². The summed E-state index contributed by atoms with van der Waals surface area (Å²) in [5.74, 6) is 0.804. The van der Waals surface area contributed by atoms with Crippen molar-refractivity contribution >= 4 is 23.3 Å². The molecule has 2 aromatic heterocycles. The summed E-state index contributed by atoms with van der Waals surface area (Å²) in [7, 11) is 1.68. The van der Waals surface area contributed by atoms with Gasteiger partial charge in [-0.05, 0) is 80.8 Å². The second-order valence-corrected chi connectivity index (χ2v) is 10.5. The van der Waals surface area contributed by atoms with Crippen LogP contribution in [0, 0.1) is 49.4 Å². The molecule has 4 fully saturated rings. The van der Waals surface area contributed by atoms with Crippen LogP contribution in [-0.2, 0) is 11.8 Å². The van der Waals surface area contributed by atoms with Gasteiger partial charge < -0.3 is 15.2 Å². The zero-order chi connectivity index (χ0) is 23.2. The number of aromatic nitrogens is 2. The van der Waals surface area contributed by atoms with Gasteiger partial charge in [-0.25, -0.2) is 4.98 Å². The number of pyridine rings is 1. The molecular formula is C25H27FN4O3. The van der Waals surface area contributed by atoms with E-state index in [4.69, 9.17) is 0 Å². The van der Waals surface area contributed by atoms with Gasteiger partial charge in [0, 0.05) is 36.2 Å². The number of carbonyl (C=O) groups is 3. The maximum Gasteiger partial charge on any atom is 0.294 e. The van der Waals surface area contributed by atoms with E-state index in [9.17, 15) is 18.8 Å². The molecule has 0 spiro atoms. The Balaban J connectivity index is 1.26. The first-order valence-electron chi connectivity index (χ1n) is 11.7. The Hall–Kier alpha value is -3.03. The van der Waals surface area contributed by atoms with Crippen LogP contribution >= 0.6 is 0 Å². The Morgan fingerprint density at radius 2 is 1.97 bits per heavy atom. The molecule has 2 N–H and O–H groups in total. The summed E-state index contributed by atoms with van der Waals surface area (Å²) in [4.78, 5) is 43.0. The van der Waals surface area contributed by atoms with E-state index in [0.29, 0.717) is 40.5 Å². The average Bonchev–Trinajstić information content (AvgIpc) is 3.42. The second-order valence-electron chi connectivity index (χ2n) is 10.5. The van der Waals surface area contributed by atoms with E-state index in [1.165, 1.54) is 31.5 Å². The standard InChI is InChI=1S/C25H27FN4O3/c1-11-19(23(32)28-16-4-5-27-18(26)9-16)12(2)30(3)21(11)22(31)24(33)29-25-10-14-6-13-7-15(25)8-17(14)20(13)25/h4-5,9,13-15,17,20H,6-8,10H2,1-3H3,(H,29,33)(H,27,28,32). The maximum absolute atomic E-state index is 13.4. The van der Waals surface area contributed by atoms with Crippen LogP contribution in [0.4, 0.5) is 10.1 Å². The third kappa shape index (κ3) is 2.66. The van der Waals surface area contributed by atoms with E-state index in [0.717, 1.165) is 18.4 Å². The number of nitrogens with zero attached hydrogens (tertiary/aromatic N) is 2. The van der Waals surface area contributed by atoms with Crippen molar-refractivity contribution in [1.29, 1.82) is 0 Å². The van der Waals surface area contributed by atoms with Crippen LogP contribution in [0.25, 0.3) is 0 Å². The summed E-state index contributed by atoms with van der Waals surface area (Å²) in [6.45, 7) is 3.41. The maximum atomic E-state index is 13.4. The molecule has 0 saturated heterocycles. The van der Waals surface area contributed by atoms with Gasteiger partial charge in [0.2, 0.25) is 5.95 Å². The minimum absolute atomic E-state index is 0.204. The van der Waals surface area contributed by atoms with Crippen LogP contribution in [0.5, 0.6) is 0 Å². The molecule has 4 saturated carbocycles. The van der Waals surface area contributed by atoms with Gasteiger partial charge in [-0.15, -0.1) is 0 Å². The SMILES string of the molecule is Cc1c(C(=O)Nc2ccnc(F)c2)c(C)n(C)c1C(=O)C(=O)NC12CC3CC4CC1CC3C42. The second kappa shape index (κ2) is 6.74. The smallest absolute Gasteiger partial charge is 0.294 e. The Kier molecular flexibility index (Phi) is 4.20. The quantitative estimate of drug-likeness (QED) is 0.416. The molecule has 6 unspecified atom stereocenters. The summed E-state index contributed by atoms with van der Waals surface area (Å²) in [5, 5.41) is 5.87. The lowest BCUT2D eigenvalue weighted by atomic mass is 9.78. The third-order valence-corrected chi connectivity index (χ3v) is 9.16. The zero-order valence-electron chi connectivity index (χ0n) is 18.9. The highest BCUT2D eigenvalue weighted by Crippen LogP contribution is 2.74. The highest BCUT2D eigenvalue weighted by atomic mass is 19.1. The summed E-state index contributed by atoms with van der Waals surface area (Å²) >= 11 is 0. The van der Waals surface area contributed by atoms with Crippen LogP contribution in [-0.4, -0.2) is 32.7 Å². The number of hydrogen-bond acceptors (Lipinski definition) is 4. The largest absolute Gasteiger partial charge is 0.344 e. The molecule has 4 aliphatic rings. The molecule has 4 aliphatic carbocycles. The van der Waals surface area contributed by atoms with Gasteiger partial charge in [-0.2, -0.15) is 4.39 Å². The molecule has 33 heavy (non-hydrogen) atoms. The van der Waals surface area contributed by atoms with Crippen LogP contribution in [0.1, 0.15) is 57.8 Å². The van der Waals surface area contributed by atoms with Crippen LogP contribution < -0.4 is 10.6 Å². The van der Waals surface area contributed by atoms with E-state index < -0.39 is 23.5 Å². The minimum Gasteiger partial charge on any atom is -0.344 e. The molecule has 5 bridgehead atoms. The molecule has 6 rings (SSSR count). The monoisotopic (exact) mass is 450 g/mol. The van der Waals surface area contributed by atoms with Gasteiger partial charge in [0.05, 0.1) is 11.3 Å². The number of anilines is 1. The molecule has 2 amide bonds. The normalized spacial score (nSPS) is 32.5. The third-order valence-electron chi connectivity index (χ3n) is 9.16. The van der Waals surface area contributed by atoms with E-state index in [1.807, 2.05) is 0 Å². The predicted molar refractivity (Wildman–Crippen MR) is 118 cm³/mol. The molecule has 172 valence electrons. The number of ketones is 1. The van der Waals surface area contributed by atoms with Gasteiger partial charge >= 0.3 is 0 Å². The lowest BCUT2D eigenvalue weighted by Crippen LogP contribution is -2.54. The summed E-state index contributed by atoms with van der Waals surface area (Å²) in [6, 6.07) is 2.61. The molecule has 0 aliphatic heterocycles. The van der Waals surface area contributed by atoms with Crippen molar-refractivity contribution in [1.82, 2.24) is 14.9 Å².